The minimum Gasteiger partial charge on any atom is -0.456 e. The number of ether oxygens (including phenoxy) is 1. The topological polar surface area (TPSA) is 12.2 Å². The third-order valence-electron chi connectivity index (χ3n) is 4.69. The van der Waals surface area contributed by atoms with Crippen molar-refractivity contribution in [3.63, 3.8) is 0 Å². The lowest BCUT2D eigenvalue weighted by Gasteiger charge is -2.26. The molecule has 2 nitrogen and oxygen atoms in total. The van der Waals surface area contributed by atoms with Crippen LogP contribution in [0.1, 0.15) is 24.8 Å². The van der Waals surface area contributed by atoms with Crippen LogP contribution in [0.25, 0.3) is 6.08 Å². The van der Waals surface area contributed by atoms with Crippen LogP contribution in [0.2, 0.25) is 0 Å². The molecule has 0 fully saturated rings. The van der Waals surface area contributed by atoms with Crippen molar-refractivity contribution in [3.8, 4) is 5.75 Å². The van der Waals surface area contributed by atoms with E-state index in [0.717, 1.165) is 24.4 Å². The lowest BCUT2D eigenvalue weighted by Crippen LogP contribution is -2.12. The Labute approximate surface area is 143 Å². The van der Waals surface area contributed by atoms with Gasteiger partial charge in [0.05, 0.1) is 0 Å². The van der Waals surface area contributed by atoms with Crippen LogP contribution in [-0.4, -0.2) is 24.4 Å². The van der Waals surface area contributed by atoms with Crippen LogP contribution in [0.15, 0.2) is 77.1 Å². The summed E-state index contributed by atoms with van der Waals surface area (Å²) < 4.78 is 8.37. The lowest BCUT2D eigenvalue weighted by molar-refractivity contribution is -0.462. The summed E-state index contributed by atoms with van der Waals surface area (Å²) in [6, 6.07) is 8.27. The average molecular weight is 316 g/mol. The molecule has 0 atom stereocenters. The van der Waals surface area contributed by atoms with Crippen molar-refractivity contribution in [2.24, 2.45) is 0 Å². The van der Waals surface area contributed by atoms with E-state index in [9.17, 15) is 0 Å². The fraction of sp³-hybridized carbons (Fsp3) is 0.227. The van der Waals surface area contributed by atoms with Gasteiger partial charge < -0.3 is 4.74 Å². The molecule has 1 aromatic carbocycles. The van der Waals surface area contributed by atoms with Crippen LogP contribution >= 0.6 is 0 Å². The number of allylic oxidation sites excluding steroid dienone is 8. The molecule has 24 heavy (non-hydrogen) atoms. The molecule has 0 radical (unpaired) electrons. The Kier molecular flexibility index (Phi) is 3.81. The quantitative estimate of drug-likeness (QED) is 0.686. The standard InChI is InChI=1S/C22H22NO/c1-23(2)20-12-10-16(11-13-20)14-18-7-5-8-19-15-17-6-3-4-9-21(17)24-22(18)19/h3-4,6,9-15H,5,7-8H2,1-2H3/q+1. The SMILES string of the molecule is C[N+](C)=C1C=CC(=CC2=C3Oc4ccccc4C=C3CCC2)C=C1. The zero-order valence-corrected chi connectivity index (χ0v) is 14.3. The van der Waals surface area contributed by atoms with Crippen molar-refractivity contribution in [2.75, 3.05) is 14.1 Å². The van der Waals surface area contributed by atoms with Crippen molar-refractivity contribution < 1.29 is 9.31 Å². The molecule has 3 aliphatic rings. The summed E-state index contributed by atoms with van der Waals surface area (Å²) in [5, 5.41) is 0. The molecule has 1 aliphatic heterocycles. The van der Waals surface area contributed by atoms with Gasteiger partial charge in [-0.3, -0.25) is 0 Å². The molecule has 4 rings (SSSR count). The third kappa shape index (κ3) is 2.80. The van der Waals surface area contributed by atoms with E-state index in [2.05, 4.69) is 67.3 Å². The average Bonchev–Trinajstić information content (AvgIpc) is 2.61. The van der Waals surface area contributed by atoms with E-state index >= 15 is 0 Å². The largest absolute Gasteiger partial charge is 0.456 e. The maximum atomic E-state index is 6.25. The summed E-state index contributed by atoms with van der Waals surface area (Å²) in [5.41, 5.74) is 6.27. The van der Waals surface area contributed by atoms with Crippen LogP contribution in [0.3, 0.4) is 0 Å². The maximum Gasteiger partial charge on any atom is 0.199 e. The summed E-state index contributed by atoms with van der Waals surface area (Å²) in [7, 11) is 4.13. The Hall–Kier alpha value is -2.61. The highest BCUT2D eigenvalue weighted by atomic mass is 16.5. The molecule has 0 saturated heterocycles. The molecule has 0 saturated carbocycles. The first-order valence-electron chi connectivity index (χ1n) is 8.54. The molecule has 0 N–H and O–H groups in total. The van der Waals surface area contributed by atoms with Gasteiger partial charge in [0.15, 0.2) is 5.71 Å². The lowest BCUT2D eigenvalue weighted by atomic mass is 9.89. The fourth-order valence-electron chi connectivity index (χ4n) is 3.37. The summed E-state index contributed by atoms with van der Waals surface area (Å²) in [4.78, 5) is 0. The second-order valence-corrected chi connectivity index (χ2v) is 6.65. The van der Waals surface area contributed by atoms with Gasteiger partial charge in [0.25, 0.3) is 0 Å². The second kappa shape index (κ2) is 6.12. The molecular formula is C22H22NO+. The van der Waals surface area contributed by atoms with Crippen LogP contribution < -0.4 is 4.74 Å². The first kappa shape index (κ1) is 14.9. The molecular weight excluding hydrogens is 294 g/mol. The molecule has 2 aliphatic carbocycles. The highest BCUT2D eigenvalue weighted by Gasteiger charge is 2.23. The van der Waals surface area contributed by atoms with Crippen molar-refractivity contribution >= 4 is 11.8 Å². The molecule has 0 aromatic heterocycles. The summed E-state index contributed by atoms with van der Waals surface area (Å²) in [6.07, 6.45) is 16.6. The maximum absolute atomic E-state index is 6.25. The number of hydrogen-bond donors (Lipinski definition) is 0. The normalized spacial score (nSPS) is 18.7. The molecule has 120 valence electrons. The summed E-state index contributed by atoms with van der Waals surface area (Å²) in [5.74, 6) is 2.03. The third-order valence-corrected chi connectivity index (χ3v) is 4.69. The van der Waals surface area contributed by atoms with E-state index in [1.165, 1.54) is 34.4 Å². The van der Waals surface area contributed by atoms with E-state index in [0.29, 0.717) is 0 Å². The Bertz CT molecular complexity index is 853. The van der Waals surface area contributed by atoms with Gasteiger partial charge in [0.1, 0.15) is 25.6 Å². The Morgan fingerprint density at radius 3 is 2.58 bits per heavy atom. The Morgan fingerprint density at radius 2 is 1.79 bits per heavy atom. The number of rotatable bonds is 1. The van der Waals surface area contributed by atoms with Crippen molar-refractivity contribution in [3.05, 3.63) is 82.7 Å². The van der Waals surface area contributed by atoms with Gasteiger partial charge in [-0.25, -0.2) is 4.58 Å². The van der Waals surface area contributed by atoms with Crippen molar-refractivity contribution in [1.29, 1.82) is 0 Å². The van der Waals surface area contributed by atoms with Crippen molar-refractivity contribution in [1.82, 2.24) is 0 Å². The first-order chi connectivity index (χ1) is 11.7. The summed E-state index contributed by atoms with van der Waals surface area (Å²) in [6.45, 7) is 0. The van der Waals surface area contributed by atoms with E-state index in [1.54, 1.807) is 0 Å². The summed E-state index contributed by atoms with van der Waals surface area (Å²) >= 11 is 0. The van der Waals surface area contributed by atoms with E-state index in [4.69, 9.17) is 4.74 Å². The zero-order valence-electron chi connectivity index (χ0n) is 14.3. The molecule has 0 amide bonds. The van der Waals surface area contributed by atoms with Crippen LogP contribution in [-0.2, 0) is 0 Å². The van der Waals surface area contributed by atoms with Gasteiger partial charge in [-0.05, 0) is 66.4 Å². The second-order valence-electron chi connectivity index (χ2n) is 6.65. The first-order valence-corrected chi connectivity index (χ1v) is 8.54. The van der Waals surface area contributed by atoms with Crippen LogP contribution in [0.4, 0.5) is 0 Å². The van der Waals surface area contributed by atoms with Crippen LogP contribution in [0, 0.1) is 0 Å². The minimum absolute atomic E-state index is 0.965. The highest BCUT2D eigenvalue weighted by Crippen LogP contribution is 2.39. The highest BCUT2D eigenvalue weighted by molar-refractivity contribution is 6.02. The van der Waals surface area contributed by atoms with Gasteiger partial charge in [-0.2, -0.15) is 0 Å². The van der Waals surface area contributed by atoms with E-state index in [1.807, 2.05) is 12.1 Å². The number of nitrogens with zero attached hydrogens (tertiary/aromatic N) is 1. The Morgan fingerprint density at radius 1 is 1.00 bits per heavy atom. The van der Waals surface area contributed by atoms with Gasteiger partial charge in [-0.15, -0.1) is 0 Å². The van der Waals surface area contributed by atoms with Crippen LogP contribution in [0.5, 0.6) is 5.75 Å². The smallest absolute Gasteiger partial charge is 0.199 e. The number of para-hydroxylation sites is 1. The monoisotopic (exact) mass is 316 g/mol. The number of benzene rings is 1. The van der Waals surface area contributed by atoms with Gasteiger partial charge >= 0.3 is 0 Å². The van der Waals surface area contributed by atoms with E-state index < -0.39 is 0 Å². The predicted octanol–water partition coefficient (Wildman–Crippen LogP) is 4.67. The zero-order chi connectivity index (χ0) is 16.5. The number of hydrogen-bond acceptors (Lipinski definition) is 1. The fourth-order valence-corrected chi connectivity index (χ4v) is 3.37. The molecule has 2 heteroatoms. The molecule has 1 heterocycles. The Balaban J connectivity index is 1.71. The molecule has 1 aromatic rings. The van der Waals surface area contributed by atoms with Gasteiger partial charge in [0.2, 0.25) is 0 Å². The molecule has 0 bridgehead atoms. The molecule has 0 spiro atoms. The number of fused-ring (bicyclic) bond motifs is 2. The van der Waals surface area contributed by atoms with Gasteiger partial charge in [0, 0.05) is 17.7 Å². The molecule has 0 unspecified atom stereocenters. The van der Waals surface area contributed by atoms with Crippen molar-refractivity contribution in [2.45, 2.75) is 19.3 Å². The minimum atomic E-state index is 0.965. The van der Waals surface area contributed by atoms with E-state index in [-0.39, 0.29) is 0 Å². The predicted molar refractivity (Wildman–Crippen MR) is 99.4 cm³/mol. The van der Waals surface area contributed by atoms with Gasteiger partial charge in [-0.1, -0.05) is 18.2 Å².